The summed E-state index contributed by atoms with van der Waals surface area (Å²) in [5.74, 6) is 2.24. The minimum Gasteiger partial charge on any atom is -0.487 e. The second-order valence-electron chi connectivity index (χ2n) is 6.31. The fourth-order valence-electron chi connectivity index (χ4n) is 2.88. The molecule has 0 aliphatic carbocycles. The van der Waals surface area contributed by atoms with Crippen molar-refractivity contribution < 1.29 is 9.47 Å². The lowest BCUT2D eigenvalue weighted by Gasteiger charge is -2.22. The van der Waals surface area contributed by atoms with E-state index < -0.39 is 0 Å². The molecule has 0 saturated carbocycles. The first-order valence-electron chi connectivity index (χ1n) is 9.16. The molecule has 0 radical (unpaired) electrons. The minimum atomic E-state index is -0.0459. The van der Waals surface area contributed by atoms with Crippen molar-refractivity contribution in [1.82, 2.24) is 10.2 Å². The summed E-state index contributed by atoms with van der Waals surface area (Å²) in [7, 11) is 0. The van der Waals surface area contributed by atoms with Crippen LogP contribution in [-0.4, -0.2) is 56.4 Å². The Kier molecular flexibility index (Phi) is 8.35. The lowest BCUT2D eigenvalue weighted by Crippen LogP contribution is -2.41. The molecule has 2 atom stereocenters. The number of nitrogens with one attached hydrogen (secondary N) is 1. The van der Waals surface area contributed by atoms with Crippen molar-refractivity contribution in [2.24, 2.45) is 10.9 Å². The second-order valence-corrected chi connectivity index (χ2v) is 6.72. The van der Waals surface area contributed by atoms with Gasteiger partial charge in [-0.15, -0.1) is 0 Å². The van der Waals surface area contributed by atoms with E-state index in [1.807, 2.05) is 38.1 Å². The molecule has 0 spiro atoms. The molecule has 1 heterocycles. The predicted molar refractivity (Wildman–Crippen MR) is 104 cm³/mol. The van der Waals surface area contributed by atoms with Crippen molar-refractivity contribution in [1.29, 1.82) is 0 Å². The predicted octanol–water partition coefficient (Wildman–Crippen LogP) is 3.43. The van der Waals surface area contributed by atoms with Crippen LogP contribution < -0.4 is 10.1 Å². The number of nitrogens with zero attached hydrogens (tertiary/aromatic N) is 2. The van der Waals surface area contributed by atoms with Crippen LogP contribution >= 0.6 is 11.6 Å². The van der Waals surface area contributed by atoms with Gasteiger partial charge in [-0.3, -0.25) is 0 Å². The van der Waals surface area contributed by atoms with Gasteiger partial charge in [-0.05, 0) is 39.3 Å². The highest BCUT2D eigenvalue weighted by atomic mass is 35.5. The maximum absolute atomic E-state index is 6.15. The molecule has 0 amide bonds. The lowest BCUT2D eigenvalue weighted by atomic mass is 10.1. The summed E-state index contributed by atoms with van der Waals surface area (Å²) in [5, 5.41) is 4.01. The first kappa shape index (κ1) is 19.9. The molecule has 140 valence electrons. The fraction of sp³-hybridized carbons (Fsp3) is 0.632. The molecule has 25 heavy (non-hydrogen) atoms. The summed E-state index contributed by atoms with van der Waals surface area (Å²) in [5.41, 5.74) is 0. The Morgan fingerprint density at radius 3 is 2.92 bits per heavy atom. The van der Waals surface area contributed by atoms with E-state index in [4.69, 9.17) is 26.1 Å². The number of ether oxygens (including phenoxy) is 2. The Morgan fingerprint density at radius 2 is 2.20 bits per heavy atom. The third-order valence-electron chi connectivity index (χ3n) is 4.14. The average Bonchev–Trinajstić information content (AvgIpc) is 3.07. The van der Waals surface area contributed by atoms with Crippen LogP contribution in [0.4, 0.5) is 0 Å². The molecule has 1 N–H and O–H groups in total. The van der Waals surface area contributed by atoms with Gasteiger partial charge in [0.2, 0.25) is 0 Å². The van der Waals surface area contributed by atoms with Gasteiger partial charge in [0, 0.05) is 32.2 Å². The minimum absolute atomic E-state index is 0.0459. The topological polar surface area (TPSA) is 46.1 Å². The average molecular weight is 368 g/mol. The Hall–Kier alpha value is -1.46. The number of hydrogen-bond acceptors (Lipinski definition) is 3. The van der Waals surface area contributed by atoms with E-state index in [0.29, 0.717) is 23.2 Å². The van der Waals surface area contributed by atoms with E-state index in [9.17, 15) is 0 Å². The fourth-order valence-corrected chi connectivity index (χ4v) is 3.06. The SMILES string of the molecule is CCNC(=NCC(C)Oc1ccccc1Cl)N1CCC(COCC)C1. The van der Waals surface area contributed by atoms with Crippen LogP contribution in [0, 0.1) is 5.92 Å². The zero-order chi connectivity index (χ0) is 18.1. The molecule has 1 aliphatic rings. The molecule has 1 aromatic rings. The number of aliphatic imine (C=N–C) groups is 1. The van der Waals surface area contributed by atoms with Crippen LogP contribution in [0.1, 0.15) is 27.2 Å². The summed E-state index contributed by atoms with van der Waals surface area (Å²) < 4.78 is 11.5. The highest BCUT2D eigenvalue weighted by molar-refractivity contribution is 6.32. The van der Waals surface area contributed by atoms with Crippen LogP contribution in [0.2, 0.25) is 5.02 Å². The van der Waals surface area contributed by atoms with Crippen molar-refractivity contribution in [2.45, 2.75) is 33.3 Å². The number of rotatable bonds is 8. The molecular weight excluding hydrogens is 338 g/mol. The van der Waals surface area contributed by atoms with Gasteiger partial charge in [0.25, 0.3) is 0 Å². The molecule has 2 rings (SSSR count). The molecule has 5 nitrogen and oxygen atoms in total. The van der Waals surface area contributed by atoms with Gasteiger partial charge >= 0.3 is 0 Å². The number of likely N-dealkylation sites (tertiary alicyclic amines) is 1. The zero-order valence-corrected chi connectivity index (χ0v) is 16.3. The molecule has 6 heteroatoms. The first-order chi connectivity index (χ1) is 12.1. The van der Waals surface area contributed by atoms with Crippen LogP contribution in [0.25, 0.3) is 0 Å². The molecule has 1 fully saturated rings. The summed E-state index contributed by atoms with van der Waals surface area (Å²) >= 11 is 6.15. The zero-order valence-electron chi connectivity index (χ0n) is 15.5. The number of halogens is 1. The molecule has 2 unspecified atom stereocenters. The Morgan fingerprint density at radius 1 is 1.40 bits per heavy atom. The number of para-hydroxylation sites is 1. The number of hydrogen-bond donors (Lipinski definition) is 1. The molecule has 1 aliphatic heterocycles. The number of benzene rings is 1. The smallest absolute Gasteiger partial charge is 0.194 e. The van der Waals surface area contributed by atoms with E-state index in [1.165, 1.54) is 0 Å². The Balaban J connectivity index is 1.89. The quantitative estimate of drug-likeness (QED) is 0.564. The summed E-state index contributed by atoms with van der Waals surface area (Å²) in [4.78, 5) is 7.07. The van der Waals surface area contributed by atoms with E-state index in [-0.39, 0.29) is 6.10 Å². The summed E-state index contributed by atoms with van der Waals surface area (Å²) in [6, 6.07) is 7.53. The highest BCUT2D eigenvalue weighted by Crippen LogP contribution is 2.24. The normalized spacial score (nSPS) is 19.1. The first-order valence-corrected chi connectivity index (χ1v) is 9.54. The molecule has 1 aromatic carbocycles. The van der Waals surface area contributed by atoms with Crippen molar-refractivity contribution in [2.75, 3.05) is 39.4 Å². The van der Waals surface area contributed by atoms with Crippen LogP contribution in [-0.2, 0) is 4.74 Å². The molecule has 1 saturated heterocycles. The highest BCUT2D eigenvalue weighted by Gasteiger charge is 2.25. The van der Waals surface area contributed by atoms with Crippen LogP contribution in [0.5, 0.6) is 5.75 Å². The maximum Gasteiger partial charge on any atom is 0.194 e. The standard InChI is InChI=1S/C19H30ClN3O2/c1-4-21-19(23-11-10-16(13-23)14-24-5-2)22-12-15(3)25-18-9-7-6-8-17(18)20/h6-9,15-16H,4-5,10-14H2,1-3H3,(H,21,22). The van der Waals surface area contributed by atoms with Gasteiger partial charge < -0.3 is 19.7 Å². The summed E-state index contributed by atoms with van der Waals surface area (Å²) in [6.07, 6.45) is 1.10. The third kappa shape index (κ3) is 6.40. The molecule has 0 bridgehead atoms. The Labute approximate surface area is 156 Å². The van der Waals surface area contributed by atoms with Crippen LogP contribution in [0.15, 0.2) is 29.3 Å². The van der Waals surface area contributed by atoms with E-state index in [2.05, 4.69) is 17.1 Å². The largest absolute Gasteiger partial charge is 0.487 e. The van der Waals surface area contributed by atoms with Gasteiger partial charge in [0.05, 0.1) is 18.2 Å². The third-order valence-corrected chi connectivity index (χ3v) is 4.45. The van der Waals surface area contributed by atoms with Crippen LogP contribution in [0.3, 0.4) is 0 Å². The molecular formula is C19H30ClN3O2. The Bertz CT molecular complexity index is 553. The van der Waals surface area contributed by atoms with Crippen molar-refractivity contribution in [3.63, 3.8) is 0 Å². The monoisotopic (exact) mass is 367 g/mol. The maximum atomic E-state index is 6.15. The second kappa shape index (κ2) is 10.5. The van der Waals surface area contributed by atoms with E-state index in [0.717, 1.165) is 45.2 Å². The lowest BCUT2D eigenvalue weighted by molar-refractivity contribution is 0.114. The van der Waals surface area contributed by atoms with Crippen molar-refractivity contribution in [3.8, 4) is 5.75 Å². The van der Waals surface area contributed by atoms with Gasteiger partial charge in [0.15, 0.2) is 5.96 Å². The van der Waals surface area contributed by atoms with E-state index in [1.54, 1.807) is 0 Å². The van der Waals surface area contributed by atoms with Crippen molar-refractivity contribution in [3.05, 3.63) is 29.3 Å². The van der Waals surface area contributed by atoms with Gasteiger partial charge in [-0.25, -0.2) is 4.99 Å². The van der Waals surface area contributed by atoms with Gasteiger partial charge in [-0.1, -0.05) is 23.7 Å². The van der Waals surface area contributed by atoms with Gasteiger partial charge in [0.1, 0.15) is 11.9 Å². The number of guanidine groups is 1. The van der Waals surface area contributed by atoms with E-state index >= 15 is 0 Å². The van der Waals surface area contributed by atoms with Crippen molar-refractivity contribution >= 4 is 17.6 Å². The molecule has 0 aromatic heterocycles. The van der Waals surface area contributed by atoms with Gasteiger partial charge in [-0.2, -0.15) is 0 Å². The summed E-state index contributed by atoms with van der Waals surface area (Å²) in [6.45, 7) is 11.2.